The molecule has 12 nitrogen and oxygen atoms in total. The Balaban J connectivity index is 0.000000300. The van der Waals surface area contributed by atoms with Gasteiger partial charge in [-0.25, -0.2) is 51.6 Å². The second kappa shape index (κ2) is 31.3. The van der Waals surface area contributed by atoms with Crippen molar-refractivity contribution in [3.8, 4) is 33.4 Å². The Morgan fingerprint density at radius 1 is 0.512 bits per heavy atom. The summed E-state index contributed by atoms with van der Waals surface area (Å²) in [6.07, 6.45) is 6.86. The summed E-state index contributed by atoms with van der Waals surface area (Å²) in [5, 5.41) is 9.17. The van der Waals surface area contributed by atoms with Crippen molar-refractivity contribution < 1.29 is 96.1 Å². The zero-order chi connectivity index (χ0) is 58.5. The Morgan fingerprint density at radius 2 is 0.841 bits per heavy atom. The minimum atomic E-state index is -3.80. The van der Waals surface area contributed by atoms with E-state index >= 15 is 0 Å². The van der Waals surface area contributed by atoms with Crippen LogP contribution < -0.4 is 24.6 Å². The Morgan fingerprint density at radius 3 is 1.16 bits per heavy atom. The number of hydrogen-bond donors (Lipinski definition) is 2. The van der Waals surface area contributed by atoms with Gasteiger partial charge in [-0.1, -0.05) is 36.4 Å². The zero-order valence-corrected chi connectivity index (χ0v) is 47.8. The monoisotopic (exact) mass is 1230 g/mol. The van der Waals surface area contributed by atoms with Crippen molar-refractivity contribution >= 4 is 68.7 Å². The molecule has 0 aliphatic heterocycles. The standard InChI is InChI=1S/C20H20F2O4S.C19H20F2O3S.C12H7ClF2O2S.C7H13NO2.Al.Li.4H/c1-26-20(23)15-3-2-13(10-15)12-27(24,25)17-7-4-14(5-8-17)18-9-6-16(21)11-19(18)22;20-16-5-8-18(19(21)10-16)15-3-6-17(7-4-15)25(23,24)12-14-2-1-13(9-14)11-22;13-18(16,17)10-4-1-8(2-5-10)11-6-3-9(14)7-12(11)15;1-10-7(9)5-2-3-6(8)4-5;;;;;;/h4-9,11,13,15H,2-3,10,12H2,1H3;3-8,10,13-14,22H,1-2,9,11-12H2;1-7H;5-6H,2-4,8H2,1H3;;;;;;/q;;;;;+1;;;;-1/t13-,15+;13-,14+;;5-,6+;;;;;;/m10.0....../s1. The first-order chi connectivity index (χ1) is 37.8. The van der Waals surface area contributed by atoms with E-state index in [0.717, 1.165) is 68.9 Å². The van der Waals surface area contributed by atoms with Crippen LogP contribution in [0.3, 0.4) is 0 Å². The molecule has 6 atom stereocenters. The summed E-state index contributed by atoms with van der Waals surface area (Å²) in [4.78, 5) is 22.7. The van der Waals surface area contributed by atoms with E-state index in [0.29, 0.717) is 36.0 Å². The van der Waals surface area contributed by atoms with Crippen LogP contribution in [0.5, 0.6) is 0 Å². The van der Waals surface area contributed by atoms with Gasteiger partial charge < -0.3 is 21.7 Å². The maximum Gasteiger partial charge on any atom is 1.00 e. The largest absolute Gasteiger partial charge is 1.00 e. The number of esters is 2. The number of hydrogen-bond acceptors (Lipinski definition) is 12. The molecule has 3 aliphatic carbocycles. The summed E-state index contributed by atoms with van der Waals surface area (Å²) in [5.41, 5.74) is 7.64. The van der Waals surface area contributed by atoms with Crippen LogP contribution in [0.4, 0.5) is 26.3 Å². The first-order valence-electron chi connectivity index (χ1n) is 25.4. The molecule has 0 bridgehead atoms. The number of sulfone groups is 2. The number of halogens is 7. The molecule has 3 saturated carbocycles. The molecule has 3 fully saturated rings. The van der Waals surface area contributed by atoms with Crippen LogP contribution >= 0.6 is 10.7 Å². The van der Waals surface area contributed by atoms with Gasteiger partial charge in [0.25, 0.3) is 9.05 Å². The van der Waals surface area contributed by atoms with Crippen molar-refractivity contribution in [3.63, 3.8) is 0 Å². The molecule has 0 saturated heterocycles. The van der Waals surface area contributed by atoms with E-state index in [-0.39, 0.29) is 135 Å². The van der Waals surface area contributed by atoms with Gasteiger partial charge in [-0.05, 0) is 165 Å². The summed E-state index contributed by atoms with van der Waals surface area (Å²) >= 11 is 0. The molecule has 0 unspecified atom stereocenters. The predicted molar refractivity (Wildman–Crippen MR) is 302 cm³/mol. The molecule has 438 valence electrons. The number of aliphatic hydroxyl groups is 1. The summed E-state index contributed by atoms with van der Waals surface area (Å²) < 4.78 is 162. The summed E-state index contributed by atoms with van der Waals surface area (Å²) in [6.45, 7) is 0.106. The van der Waals surface area contributed by atoms with Crippen LogP contribution in [-0.4, -0.2) is 98.0 Å². The van der Waals surface area contributed by atoms with E-state index in [9.17, 15) is 66.3 Å². The first-order valence-corrected chi connectivity index (χ1v) is 31.0. The molecule has 24 heteroatoms. The van der Waals surface area contributed by atoms with Gasteiger partial charge in [0, 0.05) is 58.2 Å². The fraction of sp³-hybridized carbons (Fsp3) is 0.345. The van der Waals surface area contributed by atoms with Gasteiger partial charge in [0.15, 0.2) is 37.0 Å². The molecule has 3 N–H and O–H groups in total. The molecular formula is C58H64AlClF6LiNO11S3. The van der Waals surface area contributed by atoms with E-state index in [1.165, 1.54) is 111 Å². The number of benzene rings is 6. The number of carbonyl (C=O) groups is 2. The molecule has 6 aromatic carbocycles. The summed E-state index contributed by atoms with van der Waals surface area (Å²) in [6, 6.07) is 27.2. The first kappa shape index (κ1) is 69.5. The molecule has 0 aromatic heterocycles. The third-order valence-electron chi connectivity index (χ3n) is 14.2. The van der Waals surface area contributed by atoms with Gasteiger partial charge in [0.2, 0.25) is 0 Å². The average Bonchev–Trinajstić information content (AvgIpc) is 4.26. The maximum absolute atomic E-state index is 13.9. The van der Waals surface area contributed by atoms with Crippen molar-refractivity contribution in [2.24, 2.45) is 35.3 Å². The minimum Gasteiger partial charge on any atom is -1.00 e. The molecule has 82 heavy (non-hydrogen) atoms. The maximum atomic E-state index is 13.9. The van der Waals surface area contributed by atoms with Crippen molar-refractivity contribution in [1.82, 2.24) is 0 Å². The van der Waals surface area contributed by atoms with E-state index in [1.807, 2.05) is 0 Å². The van der Waals surface area contributed by atoms with E-state index < -0.39 is 63.6 Å². The van der Waals surface area contributed by atoms with Crippen LogP contribution in [0.2, 0.25) is 0 Å². The minimum absolute atomic E-state index is 0. The van der Waals surface area contributed by atoms with E-state index in [1.54, 1.807) is 0 Å². The topological polar surface area (TPSA) is 201 Å². The molecule has 0 spiro atoms. The SMILES string of the molecule is COC(=O)[C@H]1CC[C@@H](CS(=O)(=O)c2ccc(-c3ccc(F)cc3F)cc2)C1.COC(=O)[C@H]1CC[C@@H](N)C1.O=S(=O)(C[C@@H]1CC[C@H](CO)C1)c1ccc(-c2ccc(F)cc2F)cc1.O=S(=O)(Cl)c1ccc(-c2ccc(F)cc2F)cc1.[AlH3].[H-].[Li+]. The molecule has 0 heterocycles. The molecule has 0 radical (unpaired) electrons. The Hall–Kier alpha value is -4.97. The molecular weight excluding hydrogens is 1170 g/mol. The van der Waals surface area contributed by atoms with Gasteiger partial charge in [-0.3, -0.25) is 9.59 Å². The Kier molecular flexibility index (Phi) is 26.5. The predicted octanol–water partition coefficient (Wildman–Crippen LogP) is 7.59. The van der Waals surface area contributed by atoms with Gasteiger partial charge in [0.05, 0.1) is 52.2 Å². The molecule has 3 aliphatic rings. The normalized spacial score (nSPS) is 19.3. The van der Waals surface area contributed by atoms with Gasteiger partial charge in [0.1, 0.15) is 34.9 Å². The van der Waals surface area contributed by atoms with Crippen LogP contribution in [0.1, 0.15) is 59.2 Å². The smallest absolute Gasteiger partial charge is 1.00 e. The van der Waals surface area contributed by atoms with Crippen LogP contribution in [0, 0.1) is 64.5 Å². The number of rotatable bonds is 13. The third-order valence-corrected chi connectivity index (χ3v) is 19.4. The van der Waals surface area contributed by atoms with Crippen molar-refractivity contribution in [2.75, 3.05) is 32.3 Å². The quantitative estimate of drug-likeness (QED) is 0.0498. The van der Waals surface area contributed by atoms with Gasteiger partial charge >= 0.3 is 30.8 Å². The fourth-order valence-corrected chi connectivity index (χ4v) is 14.1. The number of aliphatic hydroxyl groups excluding tert-OH is 1. The van der Waals surface area contributed by atoms with E-state index in [4.69, 9.17) is 21.2 Å². The second-order valence-corrected chi connectivity index (χ2v) is 26.5. The zero-order valence-electron chi connectivity index (χ0n) is 45.6. The van der Waals surface area contributed by atoms with Crippen molar-refractivity contribution in [2.45, 2.75) is 78.5 Å². The number of ether oxygens (including phenoxy) is 2. The van der Waals surface area contributed by atoms with E-state index in [2.05, 4.69) is 4.74 Å². The third kappa shape index (κ3) is 19.5. The Labute approximate surface area is 503 Å². The molecule has 6 aromatic rings. The van der Waals surface area contributed by atoms with Gasteiger partial charge in [-0.15, -0.1) is 0 Å². The molecule has 0 amide bonds. The average molecular weight is 1230 g/mol. The van der Waals surface area contributed by atoms with Crippen molar-refractivity contribution in [1.29, 1.82) is 0 Å². The summed E-state index contributed by atoms with van der Waals surface area (Å²) in [7, 11) is -2.84. The van der Waals surface area contributed by atoms with Gasteiger partial charge in [-0.2, -0.15) is 0 Å². The summed E-state index contributed by atoms with van der Waals surface area (Å²) in [5.74, 6) is -4.45. The number of nitrogens with two attached hydrogens (primary N) is 1. The fourth-order valence-electron chi connectivity index (χ4n) is 9.96. The number of carbonyl (C=O) groups excluding carboxylic acids is 2. The second-order valence-electron chi connectivity index (χ2n) is 19.9. The van der Waals surface area contributed by atoms with Crippen molar-refractivity contribution in [3.05, 3.63) is 162 Å². The molecule has 9 rings (SSSR count). The number of methoxy groups -OCH3 is 2. The van der Waals surface area contributed by atoms with Crippen LogP contribution in [-0.2, 0) is 47.8 Å². The van der Waals surface area contributed by atoms with Crippen LogP contribution in [0.15, 0.2) is 142 Å². The Bertz CT molecular complexity index is 3470. The van der Waals surface area contributed by atoms with Crippen LogP contribution in [0.25, 0.3) is 33.4 Å².